The van der Waals surface area contributed by atoms with Gasteiger partial charge >= 0.3 is 5.97 Å². The first kappa shape index (κ1) is 16.1. The molecule has 0 aliphatic rings. The normalized spacial score (nSPS) is 10.4. The number of esters is 1. The molecule has 22 heavy (non-hydrogen) atoms. The number of carbonyl (C=O) groups is 2. The first-order chi connectivity index (χ1) is 10.4. The number of methoxy groups -OCH3 is 1. The number of hydrogen-bond acceptors (Lipinski definition) is 5. The summed E-state index contributed by atoms with van der Waals surface area (Å²) in [6.45, 7) is 3.02. The molecule has 1 aromatic heterocycles. The zero-order valence-electron chi connectivity index (χ0n) is 12.4. The minimum atomic E-state index is -0.595. The van der Waals surface area contributed by atoms with Gasteiger partial charge in [-0.15, -0.1) is 0 Å². The Bertz CT molecular complexity index is 717. The second-order valence-corrected chi connectivity index (χ2v) is 5.08. The third-order valence-electron chi connectivity index (χ3n) is 3.07. The van der Waals surface area contributed by atoms with Crippen molar-refractivity contribution >= 4 is 23.4 Å². The van der Waals surface area contributed by atoms with Crippen molar-refractivity contribution in [2.75, 3.05) is 13.7 Å². The van der Waals surface area contributed by atoms with E-state index < -0.39 is 5.97 Å². The Morgan fingerprint density at radius 3 is 2.50 bits per heavy atom. The van der Waals surface area contributed by atoms with E-state index in [1.165, 1.54) is 13.2 Å². The zero-order valence-corrected chi connectivity index (χ0v) is 13.2. The summed E-state index contributed by atoms with van der Waals surface area (Å²) < 4.78 is 15.3. The third kappa shape index (κ3) is 3.49. The van der Waals surface area contributed by atoms with E-state index in [1.807, 2.05) is 0 Å². The smallest absolute Gasteiger partial charge is 0.342 e. The average molecular weight is 323 g/mol. The molecule has 2 rings (SSSR count). The standard InChI is InChI=1S/C16H15ClO5/c1-9-6-12(10(2)22-9)16(19)21-8-14(18)11-4-5-15(20-3)13(17)7-11/h4-7H,8H2,1-3H3. The van der Waals surface area contributed by atoms with Crippen LogP contribution in [0.15, 0.2) is 28.7 Å². The molecule has 0 atom stereocenters. The molecule has 0 amide bonds. The lowest BCUT2D eigenvalue weighted by molar-refractivity contribution is 0.0473. The molecule has 0 radical (unpaired) electrons. The van der Waals surface area contributed by atoms with E-state index in [0.29, 0.717) is 33.4 Å². The van der Waals surface area contributed by atoms with Crippen LogP contribution in [0, 0.1) is 13.8 Å². The van der Waals surface area contributed by atoms with Crippen LogP contribution in [-0.4, -0.2) is 25.5 Å². The number of ether oxygens (including phenoxy) is 2. The van der Waals surface area contributed by atoms with Crippen LogP contribution in [0.2, 0.25) is 5.02 Å². The molecule has 0 fully saturated rings. The molecule has 0 saturated carbocycles. The van der Waals surface area contributed by atoms with E-state index in [4.69, 9.17) is 25.5 Å². The Balaban J connectivity index is 2.02. The molecule has 1 aromatic carbocycles. The molecule has 0 aliphatic heterocycles. The molecule has 0 bridgehead atoms. The van der Waals surface area contributed by atoms with Crippen molar-refractivity contribution < 1.29 is 23.5 Å². The van der Waals surface area contributed by atoms with Crippen LogP contribution in [0.5, 0.6) is 5.75 Å². The van der Waals surface area contributed by atoms with Crippen LogP contribution in [0.25, 0.3) is 0 Å². The first-order valence-electron chi connectivity index (χ1n) is 6.53. The summed E-state index contributed by atoms with van der Waals surface area (Å²) in [6.07, 6.45) is 0. The fourth-order valence-electron chi connectivity index (χ4n) is 1.97. The Morgan fingerprint density at radius 1 is 1.23 bits per heavy atom. The number of halogens is 1. The van der Waals surface area contributed by atoms with Crippen LogP contribution in [0.4, 0.5) is 0 Å². The van der Waals surface area contributed by atoms with Crippen molar-refractivity contribution in [3.8, 4) is 5.75 Å². The number of hydrogen-bond donors (Lipinski definition) is 0. The Labute approximate surface area is 132 Å². The van der Waals surface area contributed by atoms with Gasteiger partial charge in [-0.05, 0) is 38.1 Å². The minimum Gasteiger partial charge on any atom is -0.495 e. The highest BCUT2D eigenvalue weighted by Gasteiger charge is 2.17. The van der Waals surface area contributed by atoms with E-state index in [1.54, 1.807) is 32.0 Å². The number of Topliss-reactive ketones (excluding diaryl/α,β-unsaturated/α-hetero) is 1. The van der Waals surface area contributed by atoms with Crippen molar-refractivity contribution in [3.05, 3.63) is 51.9 Å². The van der Waals surface area contributed by atoms with Gasteiger partial charge in [0.05, 0.1) is 12.1 Å². The molecule has 6 heteroatoms. The lowest BCUT2D eigenvalue weighted by Gasteiger charge is -2.06. The van der Waals surface area contributed by atoms with Gasteiger partial charge in [0.15, 0.2) is 12.4 Å². The number of benzene rings is 1. The lowest BCUT2D eigenvalue weighted by Crippen LogP contribution is -2.14. The molecular formula is C16H15ClO5. The molecule has 0 unspecified atom stereocenters. The number of aryl methyl sites for hydroxylation is 2. The molecule has 0 aliphatic carbocycles. The van der Waals surface area contributed by atoms with Gasteiger partial charge in [-0.1, -0.05) is 11.6 Å². The molecule has 0 spiro atoms. The molecule has 0 N–H and O–H groups in total. The average Bonchev–Trinajstić information content (AvgIpc) is 2.83. The Kier molecular flexibility index (Phi) is 4.88. The number of furan rings is 1. The summed E-state index contributed by atoms with van der Waals surface area (Å²) in [4.78, 5) is 23.9. The molecule has 1 heterocycles. The molecule has 5 nitrogen and oxygen atoms in total. The van der Waals surface area contributed by atoms with Gasteiger partial charge in [0.2, 0.25) is 0 Å². The van der Waals surface area contributed by atoms with E-state index >= 15 is 0 Å². The summed E-state index contributed by atoms with van der Waals surface area (Å²) in [5, 5.41) is 0.320. The van der Waals surface area contributed by atoms with Crippen LogP contribution in [0.1, 0.15) is 32.2 Å². The second kappa shape index (κ2) is 6.66. The second-order valence-electron chi connectivity index (χ2n) is 4.68. The van der Waals surface area contributed by atoms with Crippen molar-refractivity contribution in [1.29, 1.82) is 0 Å². The Hall–Kier alpha value is -2.27. The third-order valence-corrected chi connectivity index (χ3v) is 3.36. The van der Waals surface area contributed by atoms with Crippen LogP contribution in [0.3, 0.4) is 0 Å². The topological polar surface area (TPSA) is 65.7 Å². The van der Waals surface area contributed by atoms with Gasteiger partial charge in [-0.2, -0.15) is 0 Å². The van der Waals surface area contributed by atoms with Crippen molar-refractivity contribution in [3.63, 3.8) is 0 Å². The van der Waals surface area contributed by atoms with Gasteiger partial charge in [-0.3, -0.25) is 4.79 Å². The van der Waals surface area contributed by atoms with E-state index in [9.17, 15) is 9.59 Å². The lowest BCUT2D eigenvalue weighted by atomic mass is 10.1. The zero-order chi connectivity index (χ0) is 16.3. The van der Waals surface area contributed by atoms with Crippen LogP contribution in [-0.2, 0) is 4.74 Å². The molecule has 2 aromatic rings. The van der Waals surface area contributed by atoms with Gasteiger partial charge in [0, 0.05) is 5.56 Å². The van der Waals surface area contributed by atoms with E-state index in [-0.39, 0.29) is 12.4 Å². The van der Waals surface area contributed by atoms with Gasteiger partial charge in [0.25, 0.3) is 0 Å². The monoisotopic (exact) mass is 322 g/mol. The molecule has 116 valence electrons. The number of carbonyl (C=O) groups excluding carboxylic acids is 2. The first-order valence-corrected chi connectivity index (χ1v) is 6.91. The largest absolute Gasteiger partial charge is 0.495 e. The van der Waals surface area contributed by atoms with E-state index in [2.05, 4.69) is 0 Å². The van der Waals surface area contributed by atoms with Crippen molar-refractivity contribution in [2.24, 2.45) is 0 Å². The maximum Gasteiger partial charge on any atom is 0.342 e. The molecular weight excluding hydrogens is 308 g/mol. The predicted octanol–water partition coefficient (Wildman–Crippen LogP) is 3.60. The maximum atomic E-state index is 12.0. The minimum absolute atomic E-state index is 0.318. The summed E-state index contributed by atoms with van der Waals surface area (Å²) in [5.74, 6) is 0.595. The van der Waals surface area contributed by atoms with E-state index in [0.717, 1.165) is 0 Å². The maximum absolute atomic E-state index is 12.0. The van der Waals surface area contributed by atoms with Gasteiger partial charge in [0.1, 0.15) is 22.8 Å². The summed E-state index contributed by atoms with van der Waals surface area (Å²) >= 11 is 5.96. The SMILES string of the molecule is COc1ccc(C(=O)COC(=O)c2cc(C)oc2C)cc1Cl. The number of ketones is 1. The van der Waals surface area contributed by atoms with Crippen LogP contribution < -0.4 is 4.74 Å². The summed E-state index contributed by atoms with van der Waals surface area (Å²) in [5.41, 5.74) is 0.664. The predicted molar refractivity (Wildman–Crippen MR) is 80.8 cm³/mol. The van der Waals surface area contributed by atoms with Crippen molar-refractivity contribution in [2.45, 2.75) is 13.8 Å². The summed E-state index contributed by atoms with van der Waals surface area (Å²) in [6, 6.07) is 6.20. The fraction of sp³-hybridized carbons (Fsp3) is 0.250. The van der Waals surface area contributed by atoms with Crippen molar-refractivity contribution in [1.82, 2.24) is 0 Å². The number of rotatable bonds is 5. The van der Waals surface area contributed by atoms with Gasteiger partial charge < -0.3 is 13.9 Å². The highest BCUT2D eigenvalue weighted by molar-refractivity contribution is 6.32. The molecule has 0 saturated heterocycles. The summed E-state index contributed by atoms with van der Waals surface area (Å²) in [7, 11) is 1.49. The Morgan fingerprint density at radius 2 is 1.95 bits per heavy atom. The highest BCUT2D eigenvalue weighted by atomic mass is 35.5. The quantitative estimate of drug-likeness (QED) is 0.621. The highest BCUT2D eigenvalue weighted by Crippen LogP contribution is 2.25. The van der Waals surface area contributed by atoms with Gasteiger partial charge in [-0.25, -0.2) is 4.79 Å². The fourth-order valence-corrected chi connectivity index (χ4v) is 2.22. The van der Waals surface area contributed by atoms with Crippen LogP contribution >= 0.6 is 11.6 Å².